The van der Waals surface area contributed by atoms with Crippen molar-refractivity contribution in [3.05, 3.63) is 29.6 Å². The standard InChI is InChI=1S/C14H23N3O/c1-12-4-5-13(9-16-12)10-17(7-8-18)11-14-3-2-6-15-14/h4-5,9,14-15,18H,2-3,6-8,10-11H2,1H3. The number of nitrogens with zero attached hydrogens (tertiary/aromatic N) is 2. The van der Waals surface area contributed by atoms with Crippen LogP contribution in [0.4, 0.5) is 0 Å². The van der Waals surface area contributed by atoms with E-state index in [-0.39, 0.29) is 6.61 Å². The van der Waals surface area contributed by atoms with E-state index in [2.05, 4.69) is 21.3 Å². The smallest absolute Gasteiger partial charge is 0.0558 e. The molecule has 100 valence electrons. The van der Waals surface area contributed by atoms with Crippen molar-refractivity contribution in [2.45, 2.75) is 32.4 Å². The number of rotatable bonds is 6. The van der Waals surface area contributed by atoms with E-state index >= 15 is 0 Å². The van der Waals surface area contributed by atoms with Crippen LogP contribution in [-0.4, -0.2) is 47.3 Å². The summed E-state index contributed by atoms with van der Waals surface area (Å²) in [6.07, 6.45) is 4.44. The number of hydrogen-bond acceptors (Lipinski definition) is 4. The van der Waals surface area contributed by atoms with E-state index in [1.54, 1.807) is 0 Å². The SMILES string of the molecule is Cc1ccc(CN(CCO)CC2CCCN2)cn1. The molecule has 4 heteroatoms. The number of aliphatic hydroxyl groups is 1. The van der Waals surface area contributed by atoms with E-state index in [4.69, 9.17) is 5.11 Å². The summed E-state index contributed by atoms with van der Waals surface area (Å²) in [5.74, 6) is 0. The van der Waals surface area contributed by atoms with Crippen molar-refractivity contribution in [2.75, 3.05) is 26.2 Å². The van der Waals surface area contributed by atoms with E-state index in [0.29, 0.717) is 6.04 Å². The Balaban J connectivity index is 1.90. The summed E-state index contributed by atoms with van der Waals surface area (Å²) in [6.45, 7) is 5.94. The monoisotopic (exact) mass is 249 g/mol. The minimum Gasteiger partial charge on any atom is -0.395 e. The molecule has 1 aromatic heterocycles. The van der Waals surface area contributed by atoms with Gasteiger partial charge in [-0.2, -0.15) is 0 Å². The second-order valence-electron chi connectivity index (χ2n) is 5.06. The van der Waals surface area contributed by atoms with Crippen molar-refractivity contribution in [2.24, 2.45) is 0 Å². The summed E-state index contributed by atoms with van der Waals surface area (Å²) in [4.78, 5) is 6.62. The Hall–Kier alpha value is -0.970. The summed E-state index contributed by atoms with van der Waals surface area (Å²) >= 11 is 0. The third-order valence-corrected chi connectivity index (χ3v) is 3.44. The lowest BCUT2D eigenvalue weighted by molar-refractivity contribution is 0.179. The molecule has 1 aromatic rings. The number of nitrogens with one attached hydrogen (secondary N) is 1. The molecule has 0 bridgehead atoms. The fourth-order valence-corrected chi connectivity index (χ4v) is 2.45. The molecule has 1 atom stereocenters. The van der Waals surface area contributed by atoms with Gasteiger partial charge >= 0.3 is 0 Å². The summed E-state index contributed by atoms with van der Waals surface area (Å²) in [5.41, 5.74) is 2.26. The Bertz CT molecular complexity index is 347. The van der Waals surface area contributed by atoms with Crippen LogP contribution in [-0.2, 0) is 6.54 Å². The van der Waals surface area contributed by atoms with Crippen molar-refractivity contribution < 1.29 is 5.11 Å². The van der Waals surface area contributed by atoms with Crippen molar-refractivity contribution >= 4 is 0 Å². The highest BCUT2D eigenvalue weighted by Gasteiger charge is 2.17. The lowest BCUT2D eigenvalue weighted by Crippen LogP contribution is -2.38. The van der Waals surface area contributed by atoms with Crippen LogP contribution in [0.3, 0.4) is 0 Å². The van der Waals surface area contributed by atoms with Crippen LogP contribution in [0.5, 0.6) is 0 Å². The molecule has 0 amide bonds. The van der Waals surface area contributed by atoms with Crippen LogP contribution < -0.4 is 5.32 Å². The fourth-order valence-electron chi connectivity index (χ4n) is 2.45. The van der Waals surface area contributed by atoms with Gasteiger partial charge in [-0.05, 0) is 37.9 Å². The van der Waals surface area contributed by atoms with Crippen molar-refractivity contribution in [3.8, 4) is 0 Å². The van der Waals surface area contributed by atoms with Crippen LogP contribution in [0.15, 0.2) is 18.3 Å². The zero-order valence-corrected chi connectivity index (χ0v) is 11.1. The average molecular weight is 249 g/mol. The summed E-state index contributed by atoms with van der Waals surface area (Å²) in [6, 6.07) is 4.74. The predicted octanol–water partition coefficient (Wildman–Crippen LogP) is 0.936. The normalized spacial score (nSPS) is 19.6. The zero-order valence-electron chi connectivity index (χ0n) is 11.1. The average Bonchev–Trinajstić information content (AvgIpc) is 2.85. The molecular weight excluding hydrogens is 226 g/mol. The summed E-state index contributed by atoms with van der Waals surface area (Å²) < 4.78 is 0. The molecule has 2 rings (SSSR count). The second-order valence-corrected chi connectivity index (χ2v) is 5.06. The van der Waals surface area contributed by atoms with Crippen LogP contribution in [0.1, 0.15) is 24.1 Å². The highest BCUT2D eigenvalue weighted by atomic mass is 16.3. The van der Waals surface area contributed by atoms with Gasteiger partial charge in [-0.3, -0.25) is 9.88 Å². The Kier molecular flexibility index (Phi) is 5.11. The highest BCUT2D eigenvalue weighted by Crippen LogP contribution is 2.10. The molecule has 18 heavy (non-hydrogen) atoms. The third-order valence-electron chi connectivity index (χ3n) is 3.44. The van der Waals surface area contributed by atoms with Gasteiger partial charge in [0.15, 0.2) is 0 Å². The maximum atomic E-state index is 9.16. The molecule has 1 unspecified atom stereocenters. The topological polar surface area (TPSA) is 48.4 Å². The van der Waals surface area contributed by atoms with Gasteiger partial charge in [0.05, 0.1) is 6.61 Å². The molecule has 0 spiro atoms. The van der Waals surface area contributed by atoms with Crippen molar-refractivity contribution in [3.63, 3.8) is 0 Å². The van der Waals surface area contributed by atoms with E-state index in [9.17, 15) is 0 Å². The molecule has 0 radical (unpaired) electrons. The Labute approximate surface area is 109 Å². The number of aryl methyl sites for hydroxylation is 1. The maximum absolute atomic E-state index is 9.16. The lowest BCUT2D eigenvalue weighted by atomic mass is 10.2. The van der Waals surface area contributed by atoms with Gasteiger partial charge in [0.2, 0.25) is 0 Å². The first-order valence-corrected chi connectivity index (χ1v) is 6.76. The van der Waals surface area contributed by atoms with Crippen molar-refractivity contribution in [1.82, 2.24) is 15.2 Å². The molecule has 2 N–H and O–H groups in total. The first-order valence-electron chi connectivity index (χ1n) is 6.76. The van der Waals surface area contributed by atoms with E-state index in [0.717, 1.165) is 31.9 Å². The first-order chi connectivity index (χ1) is 8.78. The van der Waals surface area contributed by atoms with Crippen LogP contribution in [0.2, 0.25) is 0 Å². The van der Waals surface area contributed by atoms with Crippen LogP contribution >= 0.6 is 0 Å². The Morgan fingerprint density at radius 1 is 1.50 bits per heavy atom. The molecule has 1 aliphatic rings. The summed E-state index contributed by atoms with van der Waals surface area (Å²) in [5, 5.41) is 12.7. The summed E-state index contributed by atoms with van der Waals surface area (Å²) in [7, 11) is 0. The Morgan fingerprint density at radius 3 is 3.00 bits per heavy atom. The van der Waals surface area contributed by atoms with Gasteiger partial charge < -0.3 is 10.4 Å². The van der Waals surface area contributed by atoms with Gasteiger partial charge in [-0.15, -0.1) is 0 Å². The molecule has 2 heterocycles. The van der Waals surface area contributed by atoms with Gasteiger partial charge in [-0.25, -0.2) is 0 Å². The van der Waals surface area contributed by atoms with Gasteiger partial charge in [0.25, 0.3) is 0 Å². The van der Waals surface area contributed by atoms with Crippen molar-refractivity contribution in [1.29, 1.82) is 0 Å². The molecular formula is C14H23N3O. The number of aliphatic hydroxyl groups excluding tert-OH is 1. The lowest BCUT2D eigenvalue weighted by Gasteiger charge is -2.24. The Morgan fingerprint density at radius 2 is 2.39 bits per heavy atom. The number of pyridine rings is 1. The number of aromatic nitrogens is 1. The van der Waals surface area contributed by atoms with Gasteiger partial charge in [0.1, 0.15) is 0 Å². The fraction of sp³-hybridized carbons (Fsp3) is 0.643. The quantitative estimate of drug-likeness (QED) is 0.787. The van der Waals surface area contributed by atoms with E-state index in [1.165, 1.54) is 18.4 Å². The minimum atomic E-state index is 0.214. The third kappa shape index (κ3) is 4.05. The van der Waals surface area contributed by atoms with Crippen LogP contribution in [0, 0.1) is 6.92 Å². The molecule has 4 nitrogen and oxygen atoms in total. The highest BCUT2D eigenvalue weighted by molar-refractivity contribution is 5.13. The molecule has 1 saturated heterocycles. The number of hydrogen-bond donors (Lipinski definition) is 2. The van der Waals surface area contributed by atoms with E-state index < -0.39 is 0 Å². The molecule has 0 saturated carbocycles. The molecule has 1 aliphatic heterocycles. The molecule has 0 aliphatic carbocycles. The van der Waals surface area contributed by atoms with Gasteiger partial charge in [0, 0.05) is 37.6 Å². The first kappa shape index (κ1) is 13.5. The largest absolute Gasteiger partial charge is 0.395 e. The second kappa shape index (κ2) is 6.83. The van der Waals surface area contributed by atoms with E-state index in [1.807, 2.05) is 19.2 Å². The molecule has 1 fully saturated rings. The minimum absolute atomic E-state index is 0.214. The maximum Gasteiger partial charge on any atom is 0.0558 e. The zero-order chi connectivity index (χ0) is 12.8. The predicted molar refractivity (Wildman–Crippen MR) is 72.4 cm³/mol. The molecule has 0 aromatic carbocycles. The van der Waals surface area contributed by atoms with Crippen LogP contribution in [0.25, 0.3) is 0 Å². The van der Waals surface area contributed by atoms with Gasteiger partial charge in [-0.1, -0.05) is 6.07 Å².